The highest BCUT2D eigenvalue weighted by Crippen LogP contribution is 2.45. The SMILES string of the molecule is CCC(C)CCCCCCCCCCCCCCCCC(=O)O[C@H](COC(=O)CCCCCCCCCCC(C)C)COP(=O)(O)OCC(O)COP(=O)(O)OC[C@@H](COC(=O)CCCCCCCCCCC(C)C)OC(=O)CCCCCCCCC(C)CC. The number of phosphoric ester groups is 2. The molecule has 0 aliphatic heterocycles. The number of aliphatic hydroxyl groups is 1. The lowest BCUT2D eigenvalue weighted by molar-refractivity contribution is -0.161. The van der Waals surface area contributed by atoms with Gasteiger partial charge in [-0.1, -0.05) is 299 Å². The molecule has 0 aliphatic rings. The predicted molar refractivity (Wildman–Crippen MR) is 363 cm³/mol. The van der Waals surface area contributed by atoms with E-state index in [2.05, 4.69) is 55.4 Å². The number of phosphoric acid groups is 2. The first kappa shape index (κ1) is 88.1. The lowest BCUT2D eigenvalue weighted by Crippen LogP contribution is -2.30. The van der Waals surface area contributed by atoms with E-state index < -0.39 is 97.5 Å². The van der Waals surface area contributed by atoms with Crippen molar-refractivity contribution in [2.75, 3.05) is 39.6 Å². The van der Waals surface area contributed by atoms with E-state index in [0.29, 0.717) is 25.7 Å². The topological polar surface area (TPSA) is 237 Å². The highest BCUT2D eigenvalue weighted by Gasteiger charge is 2.30. The third-order valence-electron chi connectivity index (χ3n) is 17.0. The second-order valence-electron chi connectivity index (χ2n) is 27.1. The number of aliphatic hydroxyl groups excluding tert-OH is 1. The zero-order chi connectivity index (χ0) is 66.8. The molecule has 534 valence electrons. The van der Waals surface area contributed by atoms with Gasteiger partial charge < -0.3 is 33.8 Å². The molecule has 17 nitrogen and oxygen atoms in total. The van der Waals surface area contributed by atoms with Crippen molar-refractivity contribution in [2.24, 2.45) is 23.7 Å². The highest BCUT2D eigenvalue weighted by molar-refractivity contribution is 7.47. The van der Waals surface area contributed by atoms with Crippen molar-refractivity contribution in [3.05, 3.63) is 0 Å². The maximum Gasteiger partial charge on any atom is 0.472 e. The van der Waals surface area contributed by atoms with Crippen LogP contribution in [0.25, 0.3) is 0 Å². The summed E-state index contributed by atoms with van der Waals surface area (Å²) in [7, 11) is -9.90. The molecule has 0 amide bonds. The van der Waals surface area contributed by atoms with Gasteiger partial charge in [-0.2, -0.15) is 0 Å². The fraction of sp³-hybridized carbons (Fsp3) is 0.944. The Kier molecular flexibility index (Phi) is 59.4. The zero-order valence-electron chi connectivity index (χ0n) is 58.8. The van der Waals surface area contributed by atoms with Gasteiger partial charge in [-0.15, -0.1) is 0 Å². The van der Waals surface area contributed by atoms with Crippen molar-refractivity contribution in [1.29, 1.82) is 0 Å². The number of hydrogen-bond acceptors (Lipinski definition) is 15. The second-order valence-corrected chi connectivity index (χ2v) is 30.0. The average Bonchev–Trinajstić information content (AvgIpc) is 3.55. The van der Waals surface area contributed by atoms with E-state index in [0.717, 1.165) is 114 Å². The lowest BCUT2D eigenvalue weighted by atomic mass is 9.99. The Labute approximate surface area is 549 Å². The third-order valence-corrected chi connectivity index (χ3v) is 18.9. The van der Waals surface area contributed by atoms with Crippen molar-refractivity contribution >= 4 is 39.5 Å². The van der Waals surface area contributed by atoms with Crippen LogP contribution in [0.2, 0.25) is 0 Å². The van der Waals surface area contributed by atoms with E-state index in [9.17, 15) is 43.2 Å². The summed E-state index contributed by atoms with van der Waals surface area (Å²) in [4.78, 5) is 72.5. The summed E-state index contributed by atoms with van der Waals surface area (Å²) in [5, 5.41) is 10.6. The van der Waals surface area contributed by atoms with Crippen molar-refractivity contribution < 1.29 is 80.2 Å². The van der Waals surface area contributed by atoms with Crippen LogP contribution in [0.4, 0.5) is 0 Å². The van der Waals surface area contributed by atoms with Gasteiger partial charge in [-0.05, 0) is 49.4 Å². The van der Waals surface area contributed by atoms with Crippen molar-refractivity contribution in [3.63, 3.8) is 0 Å². The molecule has 5 unspecified atom stereocenters. The van der Waals surface area contributed by atoms with Crippen LogP contribution >= 0.6 is 15.6 Å². The third kappa shape index (κ3) is 62.2. The van der Waals surface area contributed by atoms with E-state index >= 15 is 0 Å². The lowest BCUT2D eigenvalue weighted by Gasteiger charge is -2.21. The summed E-state index contributed by atoms with van der Waals surface area (Å²) < 4.78 is 68.3. The Bertz CT molecular complexity index is 1790. The Balaban J connectivity index is 5.23. The minimum absolute atomic E-state index is 0.102. The molecule has 3 N–H and O–H groups in total. The van der Waals surface area contributed by atoms with E-state index in [1.807, 2.05) is 0 Å². The summed E-state index contributed by atoms with van der Waals surface area (Å²) in [6.45, 7) is 14.1. The molecule has 7 atom stereocenters. The summed E-state index contributed by atoms with van der Waals surface area (Å²) in [5.41, 5.74) is 0. The molecule has 0 fully saturated rings. The first-order valence-electron chi connectivity index (χ1n) is 36.8. The van der Waals surface area contributed by atoms with Gasteiger partial charge in [0.15, 0.2) is 12.2 Å². The molecule has 0 spiro atoms. The first-order chi connectivity index (χ1) is 43.2. The van der Waals surface area contributed by atoms with Crippen LogP contribution < -0.4 is 0 Å². The van der Waals surface area contributed by atoms with Gasteiger partial charge >= 0.3 is 39.5 Å². The van der Waals surface area contributed by atoms with E-state index in [1.165, 1.54) is 154 Å². The molecule has 0 heterocycles. The number of rotatable bonds is 68. The van der Waals surface area contributed by atoms with Gasteiger partial charge in [0.05, 0.1) is 26.4 Å². The van der Waals surface area contributed by atoms with Crippen molar-refractivity contribution in [1.82, 2.24) is 0 Å². The summed E-state index contributed by atoms with van der Waals surface area (Å²) in [5.74, 6) is 0.887. The minimum Gasteiger partial charge on any atom is -0.462 e. The molecule has 0 bridgehead atoms. The largest absolute Gasteiger partial charge is 0.472 e. The summed E-state index contributed by atoms with van der Waals surface area (Å²) in [6.07, 6.45) is 43.1. The van der Waals surface area contributed by atoms with Crippen LogP contribution in [0.5, 0.6) is 0 Å². The van der Waals surface area contributed by atoms with Crippen LogP contribution in [-0.4, -0.2) is 96.7 Å². The second kappa shape index (κ2) is 60.7. The molecule has 19 heteroatoms. The van der Waals surface area contributed by atoms with Gasteiger partial charge in [-0.3, -0.25) is 37.3 Å². The number of ether oxygens (including phenoxy) is 4. The predicted octanol–water partition coefficient (Wildman–Crippen LogP) is 20.1. The molecule has 0 aromatic carbocycles. The average molecular weight is 1330 g/mol. The minimum atomic E-state index is -4.95. The van der Waals surface area contributed by atoms with Gasteiger partial charge in [0.25, 0.3) is 0 Å². The maximum absolute atomic E-state index is 13.0. The fourth-order valence-corrected chi connectivity index (χ4v) is 12.2. The fourth-order valence-electron chi connectivity index (χ4n) is 10.6. The van der Waals surface area contributed by atoms with E-state index in [4.69, 9.17) is 37.0 Å². The number of carbonyl (C=O) groups is 4. The van der Waals surface area contributed by atoms with Crippen LogP contribution in [0, 0.1) is 23.7 Å². The highest BCUT2D eigenvalue weighted by atomic mass is 31.2. The Morgan fingerprint density at radius 3 is 0.789 bits per heavy atom. The Morgan fingerprint density at radius 2 is 0.533 bits per heavy atom. The van der Waals surface area contributed by atoms with E-state index in [1.54, 1.807) is 0 Å². The quantitative estimate of drug-likeness (QED) is 0.0222. The molecule has 0 aromatic heterocycles. The first-order valence-corrected chi connectivity index (χ1v) is 39.8. The molecule has 0 saturated heterocycles. The van der Waals surface area contributed by atoms with Crippen LogP contribution in [-0.2, 0) is 65.4 Å². The number of hydrogen-bond donors (Lipinski definition) is 3. The smallest absolute Gasteiger partial charge is 0.462 e. The zero-order valence-corrected chi connectivity index (χ0v) is 60.6. The van der Waals surface area contributed by atoms with Gasteiger partial charge in [0, 0.05) is 25.7 Å². The van der Waals surface area contributed by atoms with E-state index in [-0.39, 0.29) is 25.7 Å². The van der Waals surface area contributed by atoms with Crippen molar-refractivity contribution in [2.45, 2.75) is 369 Å². The van der Waals surface area contributed by atoms with Crippen LogP contribution in [0.1, 0.15) is 351 Å². The van der Waals surface area contributed by atoms with Crippen molar-refractivity contribution in [3.8, 4) is 0 Å². The number of esters is 4. The van der Waals surface area contributed by atoms with Crippen LogP contribution in [0.15, 0.2) is 0 Å². The number of unbranched alkanes of at least 4 members (excludes halogenated alkanes) is 32. The molecular weight excluding hydrogens is 1190 g/mol. The summed E-state index contributed by atoms with van der Waals surface area (Å²) >= 11 is 0. The molecule has 0 rings (SSSR count). The molecule has 0 saturated carbocycles. The Morgan fingerprint density at radius 1 is 0.311 bits per heavy atom. The van der Waals surface area contributed by atoms with Crippen LogP contribution in [0.3, 0.4) is 0 Å². The molecule has 0 aliphatic carbocycles. The van der Waals surface area contributed by atoms with Gasteiger partial charge in [0.2, 0.25) is 0 Å². The molecule has 0 radical (unpaired) electrons. The Hall–Kier alpha value is -1.94. The molecular formula is C71H138O17P2. The normalized spacial score (nSPS) is 14.9. The molecule has 90 heavy (non-hydrogen) atoms. The maximum atomic E-state index is 13.0. The molecule has 0 aromatic rings. The monoisotopic (exact) mass is 1320 g/mol. The van der Waals surface area contributed by atoms with Gasteiger partial charge in [-0.25, -0.2) is 9.13 Å². The summed E-state index contributed by atoms with van der Waals surface area (Å²) in [6, 6.07) is 0. The number of carbonyl (C=O) groups excluding carboxylic acids is 4. The standard InChI is InChI=1S/C71H138O17P2/c1-9-63(7)49-41-33-25-17-15-13-11-12-14-16-18-28-37-45-53-70(75)87-66(57-81-68(73)51-43-35-26-21-19-23-31-39-47-61(3)4)59-85-89(77,78)83-55-65(72)56-84-90(79,80)86-60-67(88-71(76)54-46-38-30-29-34-42-50-64(8)10-2)58-82-69(74)52-44-36-27-22-20-24-32-40-48-62(5)6/h61-67,72H,9-60H2,1-8H3,(H,77,78)(H,79,80)/t63?,64?,65?,66-,67-/m1/s1. The van der Waals surface area contributed by atoms with Gasteiger partial charge in [0.1, 0.15) is 19.3 Å².